The highest BCUT2D eigenvalue weighted by molar-refractivity contribution is 7.92. The fourth-order valence-electron chi connectivity index (χ4n) is 4.00. The molecule has 2 aromatic carbocycles. The van der Waals surface area contributed by atoms with Crippen molar-refractivity contribution in [3.8, 4) is 0 Å². The molecule has 0 aliphatic rings. The van der Waals surface area contributed by atoms with Gasteiger partial charge in [0.05, 0.1) is 11.9 Å². The van der Waals surface area contributed by atoms with Gasteiger partial charge in [-0.2, -0.15) is 0 Å². The molecule has 0 saturated heterocycles. The minimum Gasteiger partial charge on any atom is -0.352 e. The Balaban J connectivity index is 2.26. The Hall–Kier alpha value is -2.29. The van der Waals surface area contributed by atoms with Gasteiger partial charge in [0.2, 0.25) is 21.8 Å². The molecule has 2 aromatic rings. The lowest BCUT2D eigenvalue weighted by Crippen LogP contribution is -2.49. The average molecular weight is 571 g/mol. The summed E-state index contributed by atoms with van der Waals surface area (Å²) in [6.45, 7) is 9.52. The van der Waals surface area contributed by atoms with Crippen molar-refractivity contribution in [1.82, 2.24) is 10.2 Å². The Labute approximate surface area is 231 Å². The molecule has 2 amide bonds. The number of anilines is 1. The highest BCUT2D eigenvalue weighted by Gasteiger charge is 2.28. The van der Waals surface area contributed by atoms with Crippen molar-refractivity contribution < 1.29 is 18.0 Å². The Morgan fingerprint density at radius 2 is 1.59 bits per heavy atom. The van der Waals surface area contributed by atoms with E-state index in [0.717, 1.165) is 23.8 Å². The van der Waals surface area contributed by atoms with Gasteiger partial charge in [0, 0.05) is 41.2 Å². The number of hydrogen-bond donors (Lipinski definition) is 1. The average Bonchev–Trinajstić information content (AvgIpc) is 2.79. The maximum Gasteiger partial charge on any atom is 0.242 e. The first-order chi connectivity index (χ1) is 17.2. The van der Waals surface area contributed by atoms with Gasteiger partial charge in [-0.1, -0.05) is 42.3 Å². The first-order valence-electron chi connectivity index (χ1n) is 12.3. The Bertz CT molecular complexity index is 1180. The van der Waals surface area contributed by atoms with E-state index < -0.39 is 16.1 Å². The second kappa shape index (κ2) is 13.5. The van der Waals surface area contributed by atoms with Gasteiger partial charge in [-0.15, -0.1) is 0 Å². The van der Waals surface area contributed by atoms with Crippen molar-refractivity contribution in [2.75, 3.05) is 17.1 Å². The van der Waals surface area contributed by atoms with Crippen molar-refractivity contribution in [3.05, 3.63) is 63.1 Å². The summed E-state index contributed by atoms with van der Waals surface area (Å²) in [6, 6.07) is 9.84. The van der Waals surface area contributed by atoms with Gasteiger partial charge in [-0.3, -0.25) is 13.9 Å². The second-order valence-corrected chi connectivity index (χ2v) is 12.2. The molecule has 1 N–H and O–H groups in total. The third kappa shape index (κ3) is 8.90. The van der Waals surface area contributed by atoms with Gasteiger partial charge in [0.1, 0.15) is 6.04 Å². The molecule has 7 nitrogen and oxygen atoms in total. The van der Waals surface area contributed by atoms with Gasteiger partial charge in [-0.25, -0.2) is 8.42 Å². The van der Waals surface area contributed by atoms with E-state index >= 15 is 0 Å². The number of benzene rings is 2. The Morgan fingerprint density at radius 3 is 2.11 bits per heavy atom. The number of rotatable bonds is 12. The normalized spacial score (nSPS) is 13.1. The zero-order valence-corrected chi connectivity index (χ0v) is 24.7. The number of amides is 2. The molecule has 0 heterocycles. The lowest BCUT2D eigenvalue weighted by atomic mass is 10.1. The zero-order chi connectivity index (χ0) is 27.9. The summed E-state index contributed by atoms with van der Waals surface area (Å²) < 4.78 is 26.4. The number of nitrogens with zero attached hydrogens (tertiary/aromatic N) is 2. The number of hydrogen-bond acceptors (Lipinski definition) is 4. The van der Waals surface area contributed by atoms with Crippen LogP contribution in [0.25, 0.3) is 0 Å². The van der Waals surface area contributed by atoms with E-state index in [9.17, 15) is 18.0 Å². The molecule has 0 unspecified atom stereocenters. The number of halogens is 2. The highest BCUT2D eigenvalue weighted by Crippen LogP contribution is 2.27. The first kappa shape index (κ1) is 30.9. The molecule has 0 aliphatic carbocycles. The fraction of sp³-hybridized carbons (Fsp3) is 0.481. The molecule has 204 valence electrons. The number of carbonyl (C=O) groups excluding carboxylic acids is 2. The summed E-state index contributed by atoms with van der Waals surface area (Å²) in [5.74, 6) is -0.574. The SMILES string of the molecule is CC[C@H](C)NC(=O)[C@H](C)N(Cc1c(Cl)cccc1Cl)C(=O)CCCN(c1cc(C)cc(C)c1)S(C)(=O)=O. The van der Waals surface area contributed by atoms with Crippen LogP contribution in [-0.2, 0) is 26.2 Å². The molecule has 10 heteroatoms. The van der Waals surface area contributed by atoms with Crippen LogP contribution in [0.2, 0.25) is 10.0 Å². The molecule has 0 bridgehead atoms. The molecule has 0 radical (unpaired) electrons. The summed E-state index contributed by atoms with van der Waals surface area (Å²) in [6.07, 6.45) is 2.22. The van der Waals surface area contributed by atoms with Crippen LogP contribution < -0.4 is 9.62 Å². The monoisotopic (exact) mass is 569 g/mol. The van der Waals surface area contributed by atoms with E-state index in [1.807, 2.05) is 45.9 Å². The first-order valence-corrected chi connectivity index (χ1v) is 14.9. The van der Waals surface area contributed by atoms with Crippen LogP contribution in [-0.4, -0.2) is 50.0 Å². The van der Waals surface area contributed by atoms with Crippen LogP contribution >= 0.6 is 23.2 Å². The van der Waals surface area contributed by atoms with Gasteiger partial charge >= 0.3 is 0 Å². The Kier molecular flexibility index (Phi) is 11.3. The maximum absolute atomic E-state index is 13.4. The van der Waals surface area contributed by atoms with Crippen LogP contribution in [0.1, 0.15) is 56.7 Å². The van der Waals surface area contributed by atoms with E-state index in [1.54, 1.807) is 25.1 Å². The minimum absolute atomic E-state index is 0.0415. The molecule has 0 aromatic heterocycles. The predicted molar refractivity (Wildman–Crippen MR) is 152 cm³/mol. The van der Waals surface area contributed by atoms with Crippen molar-refractivity contribution in [2.45, 2.75) is 72.5 Å². The molecule has 0 fully saturated rings. The molecular formula is C27H37Cl2N3O4S. The van der Waals surface area contributed by atoms with Crippen LogP contribution in [0.4, 0.5) is 5.69 Å². The van der Waals surface area contributed by atoms with Crippen LogP contribution in [0, 0.1) is 13.8 Å². The van der Waals surface area contributed by atoms with E-state index in [1.165, 1.54) is 9.21 Å². The van der Waals surface area contributed by atoms with Gasteiger partial charge in [0.25, 0.3) is 0 Å². The van der Waals surface area contributed by atoms with E-state index in [2.05, 4.69) is 5.32 Å². The van der Waals surface area contributed by atoms with Gasteiger partial charge in [-0.05, 0) is 75.9 Å². The largest absolute Gasteiger partial charge is 0.352 e. The van der Waals surface area contributed by atoms with E-state index in [-0.39, 0.29) is 43.8 Å². The number of carbonyl (C=O) groups is 2. The fourth-order valence-corrected chi connectivity index (χ4v) is 5.47. The second-order valence-electron chi connectivity index (χ2n) is 9.50. The molecule has 0 aliphatic heterocycles. The van der Waals surface area contributed by atoms with E-state index in [4.69, 9.17) is 23.2 Å². The highest BCUT2D eigenvalue weighted by atomic mass is 35.5. The molecule has 0 saturated carbocycles. The van der Waals surface area contributed by atoms with Crippen LogP contribution in [0.15, 0.2) is 36.4 Å². The van der Waals surface area contributed by atoms with Crippen LogP contribution in [0.3, 0.4) is 0 Å². The number of sulfonamides is 1. The lowest BCUT2D eigenvalue weighted by molar-refractivity contribution is -0.140. The standard InChI is InChI=1S/C27H37Cl2N3O4S/c1-7-20(4)30-27(34)21(5)31(17-23-24(28)10-8-11-25(23)29)26(33)12-9-13-32(37(6,35)36)22-15-18(2)14-19(3)16-22/h8,10-11,14-16,20-21H,7,9,12-13,17H2,1-6H3,(H,30,34)/t20-,21-/m0/s1. The maximum atomic E-state index is 13.4. The molecular weight excluding hydrogens is 533 g/mol. The van der Waals surface area contributed by atoms with Gasteiger partial charge < -0.3 is 10.2 Å². The molecule has 2 atom stereocenters. The summed E-state index contributed by atoms with van der Waals surface area (Å²) in [5.41, 5.74) is 3.01. The van der Waals surface area contributed by atoms with E-state index in [0.29, 0.717) is 21.3 Å². The van der Waals surface area contributed by atoms with Crippen molar-refractivity contribution in [3.63, 3.8) is 0 Å². The zero-order valence-electron chi connectivity index (χ0n) is 22.3. The van der Waals surface area contributed by atoms with Crippen molar-refractivity contribution >= 4 is 50.7 Å². The molecule has 0 spiro atoms. The van der Waals surface area contributed by atoms with Crippen LogP contribution in [0.5, 0.6) is 0 Å². The molecule has 37 heavy (non-hydrogen) atoms. The van der Waals surface area contributed by atoms with Gasteiger partial charge in [0.15, 0.2) is 0 Å². The topological polar surface area (TPSA) is 86.8 Å². The lowest BCUT2D eigenvalue weighted by Gasteiger charge is -2.30. The summed E-state index contributed by atoms with van der Waals surface area (Å²) in [7, 11) is -3.57. The Morgan fingerprint density at radius 1 is 1.03 bits per heavy atom. The third-order valence-electron chi connectivity index (χ3n) is 6.21. The summed E-state index contributed by atoms with van der Waals surface area (Å²) in [4.78, 5) is 27.8. The van der Waals surface area contributed by atoms with Crippen molar-refractivity contribution in [1.29, 1.82) is 0 Å². The smallest absolute Gasteiger partial charge is 0.242 e. The summed E-state index contributed by atoms with van der Waals surface area (Å²) in [5, 5.41) is 3.72. The molecule has 2 rings (SSSR count). The van der Waals surface area contributed by atoms with Crippen molar-refractivity contribution in [2.24, 2.45) is 0 Å². The third-order valence-corrected chi connectivity index (χ3v) is 8.11. The number of nitrogens with one attached hydrogen (secondary N) is 1. The predicted octanol–water partition coefficient (Wildman–Crippen LogP) is 5.49. The minimum atomic E-state index is -3.57. The quantitative estimate of drug-likeness (QED) is 0.366. The number of aryl methyl sites for hydroxylation is 2. The summed E-state index contributed by atoms with van der Waals surface area (Å²) >= 11 is 12.7.